The minimum Gasteiger partial charge on any atom is -0.352 e. The van der Waals surface area contributed by atoms with E-state index in [0.29, 0.717) is 48.7 Å². The van der Waals surface area contributed by atoms with Gasteiger partial charge in [0.2, 0.25) is 5.91 Å². The molecule has 0 atom stereocenters. The molecule has 28 heavy (non-hydrogen) atoms. The molecule has 3 rings (SSSR count). The zero-order valence-electron chi connectivity index (χ0n) is 16.0. The first kappa shape index (κ1) is 19.2. The summed E-state index contributed by atoms with van der Waals surface area (Å²) in [6.45, 7) is 7.55. The number of amides is 2. The minimum atomic E-state index is -0.321. The Balaban J connectivity index is 1.69. The Bertz CT molecular complexity index is 964. The van der Waals surface area contributed by atoms with Crippen LogP contribution < -0.4 is 10.2 Å². The number of hydrogen-bond donors (Lipinski definition) is 1. The number of aryl methyl sites for hydroxylation is 2. The van der Waals surface area contributed by atoms with Crippen LogP contribution >= 0.6 is 0 Å². The zero-order valence-corrected chi connectivity index (χ0v) is 16.0. The number of rotatable bonds is 4. The number of piperazine rings is 1. The molecule has 8 heteroatoms. The summed E-state index contributed by atoms with van der Waals surface area (Å²) in [7, 11) is 1.82. The lowest BCUT2D eigenvalue weighted by atomic mass is 10.1. The lowest BCUT2D eigenvalue weighted by Gasteiger charge is -2.36. The van der Waals surface area contributed by atoms with Crippen LogP contribution in [0.25, 0.3) is 0 Å². The maximum absolute atomic E-state index is 12.8. The number of aromatic nitrogens is 2. The SMILES string of the molecule is C=CC(=O)Nc1cccc(C(=O)N2CCN(c3c(C#N)c(C)nn3C)CC2)c1. The van der Waals surface area contributed by atoms with E-state index in [-0.39, 0.29) is 11.8 Å². The highest BCUT2D eigenvalue weighted by Crippen LogP contribution is 2.24. The average Bonchev–Trinajstić information content (AvgIpc) is 3.00. The molecule has 1 aliphatic rings. The number of nitriles is 1. The molecule has 144 valence electrons. The first-order chi connectivity index (χ1) is 13.4. The first-order valence-electron chi connectivity index (χ1n) is 8.96. The predicted molar refractivity (Wildman–Crippen MR) is 106 cm³/mol. The average molecular weight is 378 g/mol. The molecule has 0 aliphatic carbocycles. The van der Waals surface area contributed by atoms with Gasteiger partial charge in [-0.15, -0.1) is 0 Å². The van der Waals surface area contributed by atoms with Crippen molar-refractivity contribution in [1.29, 1.82) is 5.26 Å². The Morgan fingerprint density at radius 2 is 2.00 bits per heavy atom. The molecule has 1 aromatic heterocycles. The van der Waals surface area contributed by atoms with Crippen molar-refractivity contribution >= 4 is 23.3 Å². The van der Waals surface area contributed by atoms with Gasteiger partial charge in [-0.2, -0.15) is 10.4 Å². The van der Waals surface area contributed by atoms with Crippen molar-refractivity contribution in [3.8, 4) is 6.07 Å². The quantitative estimate of drug-likeness (QED) is 0.817. The van der Waals surface area contributed by atoms with Crippen LogP contribution in [0.2, 0.25) is 0 Å². The van der Waals surface area contributed by atoms with Gasteiger partial charge in [-0.1, -0.05) is 12.6 Å². The number of benzene rings is 1. The summed E-state index contributed by atoms with van der Waals surface area (Å²) in [5.41, 5.74) is 2.35. The van der Waals surface area contributed by atoms with Crippen molar-refractivity contribution < 1.29 is 9.59 Å². The molecule has 0 radical (unpaired) electrons. The van der Waals surface area contributed by atoms with Gasteiger partial charge in [0, 0.05) is 44.5 Å². The van der Waals surface area contributed by atoms with Gasteiger partial charge in [-0.25, -0.2) is 0 Å². The van der Waals surface area contributed by atoms with Crippen LogP contribution in [0, 0.1) is 18.3 Å². The van der Waals surface area contributed by atoms with Crippen LogP contribution in [0.4, 0.5) is 11.5 Å². The third-order valence-corrected chi connectivity index (χ3v) is 4.73. The van der Waals surface area contributed by atoms with E-state index in [1.807, 2.05) is 14.0 Å². The Kier molecular flexibility index (Phi) is 5.45. The van der Waals surface area contributed by atoms with E-state index in [2.05, 4.69) is 28.0 Å². The number of nitrogens with zero attached hydrogens (tertiary/aromatic N) is 5. The van der Waals surface area contributed by atoms with Crippen LogP contribution in [0.3, 0.4) is 0 Å². The van der Waals surface area contributed by atoms with Crippen molar-refractivity contribution in [3.05, 3.63) is 53.7 Å². The topological polar surface area (TPSA) is 94.3 Å². The third kappa shape index (κ3) is 3.74. The van der Waals surface area contributed by atoms with Gasteiger partial charge in [-0.3, -0.25) is 14.3 Å². The van der Waals surface area contributed by atoms with Gasteiger partial charge >= 0.3 is 0 Å². The summed E-state index contributed by atoms with van der Waals surface area (Å²) in [5.74, 6) is 0.385. The molecule has 1 aliphatic heterocycles. The molecule has 8 nitrogen and oxygen atoms in total. The second-order valence-electron chi connectivity index (χ2n) is 6.57. The normalized spacial score (nSPS) is 13.8. The molecule has 2 aromatic rings. The van der Waals surface area contributed by atoms with E-state index in [0.717, 1.165) is 5.82 Å². The summed E-state index contributed by atoms with van der Waals surface area (Å²) in [6, 6.07) is 9.08. The molecular formula is C20H22N6O2. The van der Waals surface area contributed by atoms with Gasteiger partial charge in [0.15, 0.2) is 0 Å². The van der Waals surface area contributed by atoms with Gasteiger partial charge < -0.3 is 15.1 Å². The number of anilines is 2. The summed E-state index contributed by atoms with van der Waals surface area (Å²) in [4.78, 5) is 28.2. The standard InChI is InChI=1S/C20H22N6O2/c1-4-18(27)22-16-7-5-6-15(12-16)20(28)26-10-8-25(9-11-26)19-17(13-21)14(2)23-24(19)3/h4-7,12H,1,8-11H2,2-3H3,(H,22,27). The maximum Gasteiger partial charge on any atom is 0.254 e. The molecule has 1 saturated heterocycles. The van der Waals surface area contributed by atoms with E-state index < -0.39 is 0 Å². The van der Waals surface area contributed by atoms with Gasteiger partial charge in [0.05, 0.1) is 5.69 Å². The lowest BCUT2D eigenvalue weighted by molar-refractivity contribution is -0.111. The Hall–Kier alpha value is -3.60. The van der Waals surface area contributed by atoms with Gasteiger partial charge in [0.1, 0.15) is 17.5 Å². The second kappa shape index (κ2) is 7.96. The Morgan fingerprint density at radius 3 is 2.64 bits per heavy atom. The van der Waals surface area contributed by atoms with Crippen molar-refractivity contribution in [1.82, 2.24) is 14.7 Å². The van der Waals surface area contributed by atoms with Crippen LogP contribution in [0.15, 0.2) is 36.9 Å². The van der Waals surface area contributed by atoms with E-state index >= 15 is 0 Å². The van der Waals surface area contributed by atoms with Gasteiger partial charge in [-0.05, 0) is 31.2 Å². The molecule has 0 saturated carbocycles. The van der Waals surface area contributed by atoms with E-state index in [1.165, 1.54) is 6.08 Å². The molecule has 1 aromatic carbocycles. The van der Waals surface area contributed by atoms with Crippen molar-refractivity contribution in [2.45, 2.75) is 6.92 Å². The van der Waals surface area contributed by atoms with E-state index in [9.17, 15) is 14.9 Å². The summed E-state index contributed by atoms with van der Waals surface area (Å²) in [6.07, 6.45) is 1.18. The second-order valence-corrected chi connectivity index (χ2v) is 6.57. The van der Waals surface area contributed by atoms with Gasteiger partial charge in [0.25, 0.3) is 5.91 Å². The highest BCUT2D eigenvalue weighted by atomic mass is 16.2. The fourth-order valence-electron chi connectivity index (χ4n) is 3.37. The van der Waals surface area contributed by atoms with E-state index in [4.69, 9.17) is 0 Å². The summed E-state index contributed by atoms with van der Waals surface area (Å²) < 4.78 is 1.72. The predicted octanol–water partition coefficient (Wildman–Crippen LogP) is 1.69. The highest BCUT2D eigenvalue weighted by molar-refractivity contribution is 6.00. The largest absolute Gasteiger partial charge is 0.352 e. The molecule has 2 amide bonds. The molecule has 0 spiro atoms. The zero-order chi connectivity index (χ0) is 20.3. The van der Waals surface area contributed by atoms with Crippen LogP contribution in [-0.4, -0.2) is 52.7 Å². The monoisotopic (exact) mass is 378 g/mol. The number of nitrogens with one attached hydrogen (secondary N) is 1. The van der Waals surface area contributed by atoms with Crippen LogP contribution in [-0.2, 0) is 11.8 Å². The van der Waals surface area contributed by atoms with Crippen LogP contribution in [0.5, 0.6) is 0 Å². The van der Waals surface area contributed by atoms with Crippen molar-refractivity contribution in [2.24, 2.45) is 7.05 Å². The van der Waals surface area contributed by atoms with Crippen molar-refractivity contribution in [2.75, 3.05) is 36.4 Å². The third-order valence-electron chi connectivity index (χ3n) is 4.73. The fraction of sp³-hybridized carbons (Fsp3) is 0.300. The molecule has 1 N–H and O–H groups in total. The number of hydrogen-bond acceptors (Lipinski definition) is 5. The molecule has 0 bridgehead atoms. The molecule has 1 fully saturated rings. The minimum absolute atomic E-state index is 0.0870. The number of carbonyl (C=O) groups excluding carboxylic acids is 2. The highest BCUT2D eigenvalue weighted by Gasteiger charge is 2.26. The van der Waals surface area contributed by atoms with Crippen molar-refractivity contribution in [3.63, 3.8) is 0 Å². The Labute approximate surface area is 163 Å². The summed E-state index contributed by atoms with van der Waals surface area (Å²) in [5, 5.41) is 16.4. The fourth-order valence-corrected chi connectivity index (χ4v) is 3.37. The summed E-state index contributed by atoms with van der Waals surface area (Å²) >= 11 is 0. The van der Waals surface area contributed by atoms with Crippen LogP contribution in [0.1, 0.15) is 21.6 Å². The smallest absolute Gasteiger partial charge is 0.254 e. The lowest BCUT2D eigenvalue weighted by Crippen LogP contribution is -2.49. The molecular weight excluding hydrogens is 356 g/mol. The molecule has 0 unspecified atom stereocenters. The first-order valence-corrected chi connectivity index (χ1v) is 8.96. The Morgan fingerprint density at radius 1 is 1.29 bits per heavy atom. The van der Waals surface area contributed by atoms with E-state index in [1.54, 1.807) is 33.8 Å². The maximum atomic E-state index is 12.8. The number of carbonyl (C=O) groups is 2. The molecule has 2 heterocycles.